The number of nitrogens with two attached hydrogens (primary N) is 1. The van der Waals surface area contributed by atoms with Gasteiger partial charge in [-0.1, -0.05) is 11.3 Å². The Balaban J connectivity index is 2.83. The van der Waals surface area contributed by atoms with Crippen molar-refractivity contribution in [2.24, 2.45) is 0 Å². The largest absolute Gasteiger partial charge is 0.375 e. The highest BCUT2D eigenvalue weighted by atomic mass is 79.9. The molecule has 0 bridgehead atoms. The summed E-state index contributed by atoms with van der Waals surface area (Å²) < 4.78 is 14.1. The van der Waals surface area contributed by atoms with Crippen LogP contribution in [0.3, 0.4) is 0 Å². The zero-order valence-electron chi connectivity index (χ0n) is 5.84. The summed E-state index contributed by atoms with van der Waals surface area (Å²) in [7, 11) is 0. The third-order valence-electron chi connectivity index (χ3n) is 1.45. The van der Waals surface area contributed by atoms with Gasteiger partial charge >= 0.3 is 0 Å². The molecule has 0 saturated heterocycles. The van der Waals surface area contributed by atoms with Gasteiger partial charge in [-0.3, -0.25) is 0 Å². The maximum atomic E-state index is 12.9. The van der Waals surface area contributed by atoms with Gasteiger partial charge in [0.1, 0.15) is 5.82 Å². The lowest BCUT2D eigenvalue weighted by atomic mass is 10.3. The van der Waals surface area contributed by atoms with Crippen molar-refractivity contribution < 1.29 is 4.39 Å². The second kappa shape index (κ2) is 2.67. The van der Waals surface area contributed by atoms with E-state index in [2.05, 4.69) is 20.9 Å². The van der Waals surface area contributed by atoms with Crippen LogP contribution in [-0.4, -0.2) is 4.98 Å². The molecule has 0 amide bonds. The summed E-state index contributed by atoms with van der Waals surface area (Å²) in [6.45, 7) is 0. The Morgan fingerprint density at radius 2 is 2.25 bits per heavy atom. The van der Waals surface area contributed by atoms with Crippen LogP contribution in [0.15, 0.2) is 16.6 Å². The van der Waals surface area contributed by atoms with Crippen LogP contribution >= 0.6 is 27.3 Å². The van der Waals surface area contributed by atoms with Crippen LogP contribution in [0, 0.1) is 5.82 Å². The summed E-state index contributed by atoms with van der Waals surface area (Å²) in [5, 5.41) is 0.461. The highest BCUT2D eigenvalue weighted by Crippen LogP contribution is 2.28. The van der Waals surface area contributed by atoms with E-state index in [0.29, 0.717) is 9.60 Å². The van der Waals surface area contributed by atoms with E-state index in [1.807, 2.05) is 0 Å². The van der Waals surface area contributed by atoms with Crippen molar-refractivity contribution in [1.29, 1.82) is 0 Å². The Bertz CT molecular complexity index is 401. The van der Waals surface area contributed by atoms with Crippen molar-refractivity contribution in [3.63, 3.8) is 0 Å². The summed E-state index contributed by atoms with van der Waals surface area (Å²) in [6.07, 6.45) is 0. The molecule has 0 aliphatic carbocycles. The van der Waals surface area contributed by atoms with Gasteiger partial charge in [0, 0.05) is 0 Å². The monoisotopic (exact) mass is 246 g/mol. The Hall–Kier alpha value is -0.680. The van der Waals surface area contributed by atoms with Gasteiger partial charge in [0.25, 0.3) is 0 Å². The van der Waals surface area contributed by atoms with Crippen LogP contribution in [-0.2, 0) is 0 Å². The van der Waals surface area contributed by atoms with E-state index < -0.39 is 0 Å². The number of hydrogen-bond acceptors (Lipinski definition) is 3. The van der Waals surface area contributed by atoms with Crippen LogP contribution in [0.5, 0.6) is 0 Å². The fraction of sp³-hybridized carbons (Fsp3) is 0. The van der Waals surface area contributed by atoms with Gasteiger partial charge in [0.05, 0.1) is 14.7 Å². The molecular formula is C7H4BrFN2S. The second-order valence-corrected chi connectivity index (χ2v) is 4.20. The second-order valence-electron chi connectivity index (χ2n) is 2.29. The van der Waals surface area contributed by atoms with Gasteiger partial charge in [-0.15, -0.1) is 0 Å². The maximum absolute atomic E-state index is 12.9. The number of aromatic nitrogens is 1. The van der Waals surface area contributed by atoms with E-state index in [9.17, 15) is 4.39 Å². The van der Waals surface area contributed by atoms with Crippen LogP contribution < -0.4 is 5.73 Å². The number of halogens is 2. The fourth-order valence-corrected chi connectivity index (χ4v) is 2.01. The van der Waals surface area contributed by atoms with Crippen molar-refractivity contribution in [2.75, 3.05) is 5.73 Å². The molecule has 2 nitrogen and oxygen atoms in total. The van der Waals surface area contributed by atoms with Gasteiger partial charge in [0.15, 0.2) is 5.13 Å². The van der Waals surface area contributed by atoms with Crippen molar-refractivity contribution in [2.45, 2.75) is 0 Å². The zero-order valence-corrected chi connectivity index (χ0v) is 8.25. The smallest absolute Gasteiger partial charge is 0.181 e. The molecule has 0 saturated carbocycles. The molecule has 0 fully saturated rings. The summed E-state index contributed by atoms with van der Waals surface area (Å²) in [4.78, 5) is 4.01. The highest BCUT2D eigenvalue weighted by Gasteiger charge is 2.05. The van der Waals surface area contributed by atoms with Crippen LogP contribution in [0.4, 0.5) is 9.52 Å². The molecule has 0 radical (unpaired) electrons. The molecule has 0 unspecified atom stereocenters. The van der Waals surface area contributed by atoms with Crippen molar-refractivity contribution in [1.82, 2.24) is 4.98 Å². The van der Waals surface area contributed by atoms with E-state index in [0.717, 1.165) is 10.2 Å². The molecule has 0 aliphatic heterocycles. The molecule has 5 heteroatoms. The first-order valence-corrected chi connectivity index (χ1v) is 4.79. The van der Waals surface area contributed by atoms with E-state index >= 15 is 0 Å². The number of hydrogen-bond donors (Lipinski definition) is 1. The van der Waals surface area contributed by atoms with Gasteiger partial charge in [-0.05, 0) is 28.1 Å². The van der Waals surface area contributed by atoms with Crippen LogP contribution in [0.2, 0.25) is 0 Å². The Labute approximate surface area is 80.3 Å². The standard InChI is InChI=1S/C7H4BrFN2S/c8-3-1-5-6(2-4(3)9)12-7(10)11-5/h1-2H,(H2,10,11). The summed E-state index contributed by atoms with van der Waals surface area (Å²) in [5.74, 6) is -0.286. The number of thiazole rings is 1. The van der Waals surface area contributed by atoms with E-state index in [1.54, 1.807) is 6.07 Å². The number of nitrogen functional groups attached to an aromatic ring is 1. The molecule has 0 spiro atoms. The summed E-state index contributed by atoms with van der Waals surface area (Å²) >= 11 is 4.36. The molecule has 2 N–H and O–H groups in total. The fourth-order valence-electron chi connectivity index (χ4n) is 0.941. The predicted molar refractivity (Wildman–Crippen MR) is 51.7 cm³/mol. The molecule has 1 aromatic carbocycles. The molecule has 2 rings (SSSR count). The third kappa shape index (κ3) is 1.19. The maximum Gasteiger partial charge on any atom is 0.181 e. The number of fused-ring (bicyclic) bond motifs is 1. The molecule has 0 aliphatic rings. The van der Waals surface area contributed by atoms with Gasteiger partial charge in [0.2, 0.25) is 0 Å². The van der Waals surface area contributed by atoms with Gasteiger partial charge in [-0.2, -0.15) is 0 Å². The molecule has 0 atom stereocenters. The Morgan fingerprint density at radius 1 is 1.50 bits per heavy atom. The minimum atomic E-state index is -0.286. The van der Waals surface area contributed by atoms with Gasteiger partial charge < -0.3 is 5.73 Å². The first-order chi connectivity index (χ1) is 5.66. The number of rotatable bonds is 0. The minimum absolute atomic E-state index is 0.286. The van der Waals surface area contributed by atoms with E-state index in [1.165, 1.54) is 17.4 Å². The molecule has 62 valence electrons. The van der Waals surface area contributed by atoms with E-state index in [-0.39, 0.29) is 5.82 Å². The van der Waals surface area contributed by atoms with Crippen molar-refractivity contribution >= 4 is 42.6 Å². The first-order valence-electron chi connectivity index (χ1n) is 3.18. The average Bonchev–Trinajstić information content (AvgIpc) is 2.30. The first kappa shape index (κ1) is 7.94. The van der Waals surface area contributed by atoms with E-state index in [4.69, 9.17) is 5.73 Å². The lowest BCUT2D eigenvalue weighted by molar-refractivity contribution is 0.623. The van der Waals surface area contributed by atoms with Crippen LogP contribution in [0.25, 0.3) is 10.2 Å². The number of nitrogens with zero attached hydrogens (tertiary/aromatic N) is 1. The minimum Gasteiger partial charge on any atom is -0.375 e. The Kier molecular flexibility index (Phi) is 1.77. The average molecular weight is 247 g/mol. The third-order valence-corrected chi connectivity index (χ3v) is 2.90. The van der Waals surface area contributed by atoms with Gasteiger partial charge in [-0.25, -0.2) is 9.37 Å². The zero-order chi connectivity index (χ0) is 8.72. The lowest BCUT2D eigenvalue weighted by Crippen LogP contribution is -1.79. The lowest BCUT2D eigenvalue weighted by Gasteiger charge is -1.91. The quantitative estimate of drug-likeness (QED) is 0.777. The summed E-state index contributed by atoms with van der Waals surface area (Å²) in [5.41, 5.74) is 6.19. The molecule has 1 aromatic heterocycles. The molecule has 12 heavy (non-hydrogen) atoms. The van der Waals surface area contributed by atoms with Crippen LogP contribution in [0.1, 0.15) is 0 Å². The van der Waals surface area contributed by atoms with Crippen molar-refractivity contribution in [3.8, 4) is 0 Å². The normalized spacial score (nSPS) is 10.8. The van der Waals surface area contributed by atoms with Crippen molar-refractivity contribution in [3.05, 3.63) is 22.4 Å². The molecule has 1 heterocycles. The highest BCUT2D eigenvalue weighted by molar-refractivity contribution is 9.10. The number of anilines is 1. The number of benzene rings is 1. The summed E-state index contributed by atoms with van der Waals surface area (Å²) in [6, 6.07) is 3.05. The SMILES string of the molecule is Nc1nc2cc(Br)c(F)cc2s1. The predicted octanol–water partition coefficient (Wildman–Crippen LogP) is 2.78. The Morgan fingerprint density at radius 3 is 3.00 bits per heavy atom. The topological polar surface area (TPSA) is 38.9 Å². The molecule has 2 aromatic rings. The molecular weight excluding hydrogens is 243 g/mol.